The predicted molar refractivity (Wildman–Crippen MR) is 82.5 cm³/mol. The molecule has 0 saturated carbocycles. The van der Waals surface area contributed by atoms with E-state index in [9.17, 15) is 10.1 Å². The van der Waals surface area contributed by atoms with Gasteiger partial charge in [-0.3, -0.25) is 19.9 Å². The number of anilines is 1. The first-order chi connectivity index (χ1) is 10.2. The van der Waals surface area contributed by atoms with Gasteiger partial charge in [0.25, 0.3) is 5.69 Å². The molecule has 0 aliphatic carbocycles. The van der Waals surface area contributed by atoms with Gasteiger partial charge >= 0.3 is 0 Å². The summed E-state index contributed by atoms with van der Waals surface area (Å²) in [5.74, 6) is 0. The van der Waals surface area contributed by atoms with E-state index in [-0.39, 0.29) is 10.6 Å². The van der Waals surface area contributed by atoms with Crippen LogP contribution in [0.25, 0.3) is 0 Å². The fraction of sp³-hybridized carbons (Fsp3) is 0.600. The highest BCUT2D eigenvalue weighted by Gasteiger charge is 2.30. The topological polar surface area (TPSA) is 61.6 Å². The molecule has 2 fully saturated rings. The first kappa shape index (κ1) is 14.3. The average Bonchev–Trinajstić information content (AvgIpc) is 2.94. The van der Waals surface area contributed by atoms with Crippen LogP contribution in [0.15, 0.2) is 18.2 Å². The molecule has 0 radical (unpaired) electrons. The van der Waals surface area contributed by atoms with Crippen molar-refractivity contribution in [2.45, 2.75) is 25.4 Å². The lowest BCUT2D eigenvalue weighted by atomic mass is 10.1. The fourth-order valence-electron chi connectivity index (χ4n) is 3.50. The molecule has 1 aromatic carbocycles. The van der Waals surface area contributed by atoms with E-state index in [0.717, 1.165) is 31.7 Å². The Morgan fingerprint density at radius 1 is 1.38 bits per heavy atom. The van der Waals surface area contributed by atoms with Gasteiger partial charge in [-0.25, -0.2) is 0 Å². The SMILES string of the molecule is CNc1ccc(CN2CCN3CCCC3C2)cc1[N+](=O)[O-]. The van der Waals surface area contributed by atoms with Crippen molar-refractivity contribution in [3.8, 4) is 0 Å². The summed E-state index contributed by atoms with van der Waals surface area (Å²) in [4.78, 5) is 15.8. The van der Waals surface area contributed by atoms with Crippen LogP contribution in [0.4, 0.5) is 11.4 Å². The number of nitrogens with zero attached hydrogens (tertiary/aromatic N) is 3. The molecule has 0 bridgehead atoms. The van der Waals surface area contributed by atoms with Crippen LogP contribution in [0.1, 0.15) is 18.4 Å². The van der Waals surface area contributed by atoms with Crippen molar-refractivity contribution in [1.29, 1.82) is 0 Å². The summed E-state index contributed by atoms with van der Waals surface area (Å²) in [5.41, 5.74) is 1.76. The summed E-state index contributed by atoms with van der Waals surface area (Å²) >= 11 is 0. The maximum Gasteiger partial charge on any atom is 0.292 e. The zero-order chi connectivity index (χ0) is 14.8. The lowest BCUT2D eigenvalue weighted by Gasteiger charge is -2.37. The molecule has 6 heteroatoms. The monoisotopic (exact) mass is 290 g/mol. The van der Waals surface area contributed by atoms with Crippen LogP contribution < -0.4 is 5.32 Å². The van der Waals surface area contributed by atoms with E-state index in [1.165, 1.54) is 19.4 Å². The van der Waals surface area contributed by atoms with E-state index >= 15 is 0 Å². The van der Waals surface area contributed by atoms with Crippen molar-refractivity contribution in [1.82, 2.24) is 9.80 Å². The molecule has 2 saturated heterocycles. The highest BCUT2D eigenvalue weighted by Crippen LogP contribution is 2.27. The van der Waals surface area contributed by atoms with Crippen molar-refractivity contribution in [2.24, 2.45) is 0 Å². The van der Waals surface area contributed by atoms with Crippen LogP contribution in [-0.2, 0) is 6.54 Å². The van der Waals surface area contributed by atoms with Crippen molar-refractivity contribution in [3.05, 3.63) is 33.9 Å². The van der Waals surface area contributed by atoms with E-state index in [1.54, 1.807) is 19.2 Å². The molecule has 0 amide bonds. The molecular formula is C15H22N4O2. The smallest absolute Gasteiger partial charge is 0.292 e. The van der Waals surface area contributed by atoms with Gasteiger partial charge in [0, 0.05) is 45.3 Å². The molecule has 0 aromatic heterocycles. The maximum absolute atomic E-state index is 11.1. The lowest BCUT2D eigenvalue weighted by Crippen LogP contribution is -2.49. The Hall–Kier alpha value is -1.66. The van der Waals surface area contributed by atoms with Gasteiger partial charge in [-0.15, -0.1) is 0 Å². The lowest BCUT2D eigenvalue weighted by molar-refractivity contribution is -0.384. The number of rotatable bonds is 4. The van der Waals surface area contributed by atoms with Crippen LogP contribution in [0.2, 0.25) is 0 Å². The van der Waals surface area contributed by atoms with Crippen LogP contribution in [0.5, 0.6) is 0 Å². The average molecular weight is 290 g/mol. The third kappa shape index (κ3) is 3.01. The van der Waals surface area contributed by atoms with Crippen LogP contribution in [0.3, 0.4) is 0 Å². The van der Waals surface area contributed by atoms with Gasteiger partial charge in [0.2, 0.25) is 0 Å². The minimum atomic E-state index is -0.315. The molecule has 2 heterocycles. The van der Waals surface area contributed by atoms with Gasteiger partial charge in [-0.2, -0.15) is 0 Å². The molecule has 2 aliphatic rings. The van der Waals surface area contributed by atoms with Crippen molar-refractivity contribution < 1.29 is 4.92 Å². The van der Waals surface area contributed by atoms with Gasteiger partial charge in [0.1, 0.15) is 5.69 Å². The molecule has 1 unspecified atom stereocenters. The third-order valence-corrected chi connectivity index (χ3v) is 4.61. The van der Waals surface area contributed by atoms with Gasteiger partial charge in [-0.05, 0) is 31.0 Å². The fourth-order valence-corrected chi connectivity index (χ4v) is 3.50. The summed E-state index contributed by atoms with van der Waals surface area (Å²) in [5, 5.41) is 14.0. The summed E-state index contributed by atoms with van der Waals surface area (Å²) in [6.45, 7) is 5.30. The van der Waals surface area contributed by atoms with Gasteiger partial charge in [-0.1, -0.05) is 6.07 Å². The number of hydrogen-bond donors (Lipinski definition) is 1. The molecular weight excluding hydrogens is 268 g/mol. The maximum atomic E-state index is 11.1. The number of benzene rings is 1. The van der Waals surface area contributed by atoms with Crippen molar-refractivity contribution in [3.63, 3.8) is 0 Å². The summed E-state index contributed by atoms with van der Waals surface area (Å²) in [7, 11) is 1.71. The Morgan fingerprint density at radius 3 is 3.00 bits per heavy atom. The second-order valence-corrected chi connectivity index (χ2v) is 5.93. The van der Waals surface area contributed by atoms with Gasteiger partial charge in [0.15, 0.2) is 0 Å². The second-order valence-electron chi connectivity index (χ2n) is 5.93. The Kier molecular flexibility index (Phi) is 4.07. The number of nitro benzene ring substituents is 1. The second kappa shape index (κ2) is 5.99. The molecule has 114 valence electrons. The number of hydrogen-bond acceptors (Lipinski definition) is 5. The van der Waals surface area contributed by atoms with Gasteiger partial charge < -0.3 is 5.32 Å². The molecule has 1 atom stereocenters. The number of nitro groups is 1. The molecule has 2 aliphatic heterocycles. The largest absolute Gasteiger partial charge is 0.383 e. The highest BCUT2D eigenvalue weighted by molar-refractivity contribution is 5.62. The minimum Gasteiger partial charge on any atom is -0.383 e. The zero-order valence-electron chi connectivity index (χ0n) is 12.4. The molecule has 21 heavy (non-hydrogen) atoms. The third-order valence-electron chi connectivity index (χ3n) is 4.61. The summed E-state index contributed by atoms with van der Waals surface area (Å²) < 4.78 is 0. The first-order valence-electron chi connectivity index (χ1n) is 7.59. The molecule has 3 rings (SSSR count). The van der Waals surface area contributed by atoms with Crippen molar-refractivity contribution in [2.75, 3.05) is 38.5 Å². The van der Waals surface area contributed by atoms with Gasteiger partial charge in [0.05, 0.1) is 4.92 Å². The molecule has 6 nitrogen and oxygen atoms in total. The predicted octanol–water partition coefficient (Wildman–Crippen LogP) is 1.92. The number of fused-ring (bicyclic) bond motifs is 1. The summed E-state index contributed by atoms with van der Waals surface area (Å²) in [6, 6.07) is 6.18. The summed E-state index contributed by atoms with van der Waals surface area (Å²) in [6.07, 6.45) is 2.59. The first-order valence-corrected chi connectivity index (χ1v) is 7.59. The molecule has 1 aromatic rings. The standard InChI is InChI=1S/C15H22N4O2/c1-16-14-5-4-12(9-15(14)19(20)21)10-17-7-8-18-6-2-3-13(18)11-17/h4-5,9,13,16H,2-3,6-8,10-11H2,1H3. The van der Waals surface area contributed by atoms with E-state index in [2.05, 4.69) is 15.1 Å². The van der Waals surface area contributed by atoms with Crippen LogP contribution >= 0.6 is 0 Å². The number of nitrogens with one attached hydrogen (secondary N) is 1. The van der Waals surface area contributed by atoms with E-state index < -0.39 is 0 Å². The van der Waals surface area contributed by atoms with Crippen molar-refractivity contribution >= 4 is 11.4 Å². The Bertz CT molecular complexity index is 534. The van der Waals surface area contributed by atoms with Crippen LogP contribution in [0, 0.1) is 10.1 Å². The zero-order valence-corrected chi connectivity index (χ0v) is 12.4. The van der Waals surface area contributed by atoms with Crippen LogP contribution in [-0.4, -0.2) is 54.0 Å². The van der Waals surface area contributed by atoms with E-state index in [4.69, 9.17) is 0 Å². The molecule has 0 spiro atoms. The minimum absolute atomic E-state index is 0.162. The Morgan fingerprint density at radius 2 is 2.24 bits per heavy atom. The van der Waals surface area contributed by atoms with E-state index in [0.29, 0.717) is 11.7 Å². The molecule has 1 N–H and O–H groups in total. The Balaban J connectivity index is 1.70. The normalized spacial score (nSPS) is 23.0. The highest BCUT2D eigenvalue weighted by atomic mass is 16.6. The Labute approximate surface area is 124 Å². The van der Waals surface area contributed by atoms with E-state index in [1.807, 2.05) is 6.07 Å². The number of piperazine rings is 1. The quantitative estimate of drug-likeness (QED) is 0.678.